The lowest BCUT2D eigenvalue weighted by molar-refractivity contribution is -0.134. The van der Waals surface area contributed by atoms with E-state index in [1.54, 1.807) is 0 Å². The molecule has 1 amide bonds. The van der Waals surface area contributed by atoms with Gasteiger partial charge in [0.25, 0.3) is 0 Å². The van der Waals surface area contributed by atoms with E-state index < -0.39 is 0 Å². The molecule has 1 N–H and O–H groups in total. The first-order valence-electron chi connectivity index (χ1n) is 9.05. The highest BCUT2D eigenvalue weighted by Gasteiger charge is 2.28. The van der Waals surface area contributed by atoms with Gasteiger partial charge in [-0.2, -0.15) is 4.98 Å². The number of rotatable bonds is 4. The fourth-order valence-electron chi connectivity index (χ4n) is 3.65. The first-order valence-corrected chi connectivity index (χ1v) is 9.05. The van der Waals surface area contributed by atoms with Crippen molar-refractivity contribution in [3.05, 3.63) is 63.3 Å². The molecule has 1 aromatic heterocycles. The summed E-state index contributed by atoms with van der Waals surface area (Å²) in [7, 11) is 2.11. The van der Waals surface area contributed by atoms with E-state index in [4.69, 9.17) is 0 Å². The Bertz CT molecular complexity index is 805. The van der Waals surface area contributed by atoms with Gasteiger partial charge in [-0.15, -0.1) is 0 Å². The van der Waals surface area contributed by atoms with Crippen molar-refractivity contribution in [2.45, 2.75) is 32.7 Å². The molecule has 1 saturated heterocycles. The number of likely N-dealkylation sites (N-methyl/N-ethyl adjacent to an activating group) is 1. The number of H-pyrrole nitrogens is 1. The smallest absolute Gasteiger partial charge is 0.339 e. The van der Waals surface area contributed by atoms with Crippen LogP contribution in [0.25, 0.3) is 0 Å². The van der Waals surface area contributed by atoms with E-state index >= 15 is 0 Å². The van der Waals surface area contributed by atoms with Crippen molar-refractivity contribution < 1.29 is 4.79 Å². The number of hydrogen-bond donors (Lipinski definition) is 1. The van der Waals surface area contributed by atoms with Crippen LogP contribution in [0.1, 0.15) is 35.0 Å². The second kappa shape index (κ2) is 7.83. The van der Waals surface area contributed by atoms with Gasteiger partial charge >= 0.3 is 5.69 Å². The van der Waals surface area contributed by atoms with Crippen molar-refractivity contribution >= 4 is 5.91 Å². The van der Waals surface area contributed by atoms with Crippen LogP contribution in [0.4, 0.5) is 0 Å². The Morgan fingerprint density at radius 3 is 2.65 bits per heavy atom. The summed E-state index contributed by atoms with van der Waals surface area (Å²) in [4.78, 5) is 35.1. The van der Waals surface area contributed by atoms with Crippen molar-refractivity contribution in [2.75, 3.05) is 26.7 Å². The summed E-state index contributed by atoms with van der Waals surface area (Å²) in [5.74, 6) is 0.157. The molecule has 0 radical (unpaired) electrons. The van der Waals surface area contributed by atoms with Crippen LogP contribution >= 0.6 is 0 Å². The summed E-state index contributed by atoms with van der Waals surface area (Å²) in [6, 6.07) is 10.6. The topological polar surface area (TPSA) is 69.3 Å². The van der Waals surface area contributed by atoms with Crippen molar-refractivity contribution in [3.63, 3.8) is 0 Å². The Hall–Kier alpha value is -2.47. The normalized spacial score (nSPS) is 18.1. The van der Waals surface area contributed by atoms with Crippen LogP contribution in [0.5, 0.6) is 0 Å². The number of aromatic nitrogens is 2. The molecule has 1 aromatic carbocycles. The van der Waals surface area contributed by atoms with Gasteiger partial charge in [-0.3, -0.25) is 9.69 Å². The fraction of sp³-hybridized carbons (Fsp3) is 0.450. The highest BCUT2D eigenvalue weighted by atomic mass is 16.2. The maximum atomic E-state index is 12.8. The molecule has 6 heteroatoms. The molecule has 0 spiro atoms. The van der Waals surface area contributed by atoms with E-state index in [1.807, 2.05) is 36.9 Å². The first-order chi connectivity index (χ1) is 12.5. The number of aromatic amines is 1. The lowest BCUT2D eigenvalue weighted by Crippen LogP contribution is -2.49. The summed E-state index contributed by atoms with van der Waals surface area (Å²) < 4.78 is 0. The predicted molar refractivity (Wildman–Crippen MR) is 101 cm³/mol. The summed E-state index contributed by atoms with van der Waals surface area (Å²) >= 11 is 0. The van der Waals surface area contributed by atoms with Gasteiger partial charge in [0.1, 0.15) is 0 Å². The molecule has 0 unspecified atom stereocenters. The third-order valence-corrected chi connectivity index (χ3v) is 5.23. The number of carbonyl (C=O) groups excluding carboxylic acids is 1. The van der Waals surface area contributed by atoms with Crippen LogP contribution in [0.15, 0.2) is 35.1 Å². The summed E-state index contributed by atoms with van der Waals surface area (Å²) in [5.41, 5.74) is 3.38. The number of nitrogens with zero attached hydrogens (tertiary/aromatic N) is 3. The molecular formula is C20H26N4O2. The zero-order valence-corrected chi connectivity index (χ0v) is 15.7. The molecule has 1 fully saturated rings. The molecule has 1 atom stereocenters. The lowest BCUT2D eigenvalue weighted by atomic mass is 10.0. The number of nitrogens with one attached hydrogen (secondary N) is 1. The van der Waals surface area contributed by atoms with Gasteiger partial charge in [-0.05, 0) is 38.4 Å². The molecule has 2 aromatic rings. The average molecular weight is 354 g/mol. The molecule has 0 saturated carbocycles. The molecule has 0 bridgehead atoms. The van der Waals surface area contributed by atoms with Gasteiger partial charge in [0.05, 0.1) is 6.04 Å². The van der Waals surface area contributed by atoms with Crippen LogP contribution in [0.2, 0.25) is 0 Å². The van der Waals surface area contributed by atoms with Crippen LogP contribution in [0.3, 0.4) is 0 Å². The summed E-state index contributed by atoms with van der Waals surface area (Å²) in [5, 5.41) is 0. The zero-order chi connectivity index (χ0) is 18.7. The van der Waals surface area contributed by atoms with Crippen molar-refractivity contribution in [1.29, 1.82) is 0 Å². The highest BCUT2D eigenvalue weighted by Crippen LogP contribution is 2.24. The molecule has 26 heavy (non-hydrogen) atoms. The van der Waals surface area contributed by atoms with Gasteiger partial charge in [0.15, 0.2) is 0 Å². The maximum Gasteiger partial charge on any atom is 0.345 e. The Balaban J connectivity index is 1.66. The van der Waals surface area contributed by atoms with Crippen molar-refractivity contribution in [3.8, 4) is 0 Å². The van der Waals surface area contributed by atoms with Crippen LogP contribution in [-0.2, 0) is 11.2 Å². The summed E-state index contributed by atoms with van der Waals surface area (Å²) in [6.45, 7) is 6.01. The van der Waals surface area contributed by atoms with Gasteiger partial charge in [-0.1, -0.05) is 30.3 Å². The number of hydrogen-bond acceptors (Lipinski definition) is 4. The van der Waals surface area contributed by atoms with E-state index in [9.17, 15) is 9.59 Å². The van der Waals surface area contributed by atoms with Crippen molar-refractivity contribution in [2.24, 2.45) is 0 Å². The minimum absolute atomic E-state index is 0.157. The minimum Gasteiger partial charge on any atom is -0.339 e. The molecule has 138 valence electrons. The SMILES string of the molecule is Cc1nc(=O)[nH]c(C)c1CCC(=O)N1CCN(C)[C@H](c2ccccc2)C1. The standard InChI is InChI=1S/C20H26N4O2/c1-14-17(15(2)22-20(26)21-14)9-10-19(25)24-12-11-23(3)18(13-24)16-7-5-4-6-8-16/h4-8,18H,9-13H2,1-3H3,(H,21,22,26)/t18-/m0/s1. The minimum atomic E-state index is -0.333. The number of aryl methyl sites for hydroxylation is 2. The third kappa shape index (κ3) is 4.02. The largest absolute Gasteiger partial charge is 0.345 e. The Kier molecular flexibility index (Phi) is 5.52. The fourth-order valence-corrected chi connectivity index (χ4v) is 3.65. The third-order valence-electron chi connectivity index (χ3n) is 5.23. The average Bonchev–Trinajstić information content (AvgIpc) is 2.61. The summed E-state index contributed by atoms with van der Waals surface area (Å²) in [6.07, 6.45) is 1.03. The molecule has 6 nitrogen and oxygen atoms in total. The van der Waals surface area contributed by atoms with E-state index in [0.29, 0.717) is 25.1 Å². The number of amides is 1. The second-order valence-corrected chi connectivity index (χ2v) is 6.98. The molecule has 1 aliphatic heterocycles. The molecule has 3 rings (SSSR count). The van der Waals surface area contributed by atoms with E-state index in [-0.39, 0.29) is 17.6 Å². The van der Waals surface area contributed by atoms with Gasteiger partial charge in [0, 0.05) is 37.4 Å². The van der Waals surface area contributed by atoms with Crippen LogP contribution < -0.4 is 5.69 Å². The number of carbonyl (C=O) groups is 1. The quantitative estimate of drug-likeness (QED) is 0.910. The van der Waals surface area contributed by atoms with Crippen molar-refractivity contribution in [1.82, 2.24) is 19.8 Å². The van der Waals surface area contributed by atoms with Crippen LogP contribution in [-0.4, -0.2) is 52.4 Å². The van der Waals surface area contributed by atoms with E-state index in [2.05, 4.69) is 34.0 Å². The van der Waals surface area contributed by atoms with E-state index in [1.165, 1.54) is 5.56 Å². The Labute approximate surface area is 153 Å². The Morgan fingerprint density at radius 1 is 1.23 bits per heavy atom. The maximum absolute atomic E-state index is 12.8. The van der Waals surface area contributed by atoms with E-state index in [0.717, 1.165) is 24.3 Å². The zero-order valence-electron chi connectivity index (χ0n) is 15.7. The Morgan fingerprint density at radius 2 is 1.96 bits per heavy atom. The van der Waals surface area contributed by atoms with Crippen LogP contribution in [0, 0.1) is 13.8 Å². The first kappa shape index (κ1) is 18.3. The van der Waals surface area contributed by atoms with Gasteiger partial charge in [-0.25, -0.2) is 4.79 Å². The number of piperazine rings is 1. The monoisotopic (exact) mass is 354 g/mol. The second-order valence-electron chi connectivity index (χ2n) is 6.98. The number of benzene rings is 1. The predicted octanol–water partition coefficient (Wildman–Crippen LogP) is 1.83. The lowest BCUT2D eigenvalue weighted by Gasteiger charge is -2.39. The molecule has 2 heterocycles. The highest BCUT2D eigenvalue weighted by molar-refractivity contribution is 5.76. The molecular weight excluding hydrogens is 328 g/mol. The van der Waals surface area contributed by atoms with Gasteiger partial charge < -0.3 is 9.88 Å². The van der Waals surface area contributed by atoms with Gasteiger partial charge in [0.2, 0.25) is 5.91 Å². The molecule has 1 aliphatic rings. The molecule has 0 aliphatic carbocycles.